The number of aliphatic carboxylic acids is 1. The summed E-state index contributed by atoms with van der Waals surface area (Å²) >= 11 is 0. The summed E-state index contributed by atoms with van der Waals surface area (Å²) in [4.78, 5) is 68.2. The summed E-state index contributed by atoms with van der Waals surface area (Å²) in [6.07, 6.45) is 2.71. The fourth-order valence-electron chi connectivity index (χ4n) is 3.19. The van der Waals surface area contributed by atoms with E-state index in [1.165, 1.54) is 12.5 Å². The van der Waals surface area contributed by atoms with Crippen LogP contribution in [-0.4, -0.2) is 68.8 Å². The van der Waals surface area contributed by atoms with Gasteiger partial charge in [0.05, 0.1) is 12.4 Å². The number of nitrogens with one attached hydrogen (secondary N) is 4. The van der Waals surface area contributed by atoms with Gasteiger partial charge < -0.3 is 37.5 Å². The monoisotopic (exact) mass is 495 g/mol. The van der Waals surface area contributed by atoms with E-state index in [1.807, 2.05) is 0 Å². The largest absolute Gasteiger partial charge is 0.480 e. The van der Waals surface area contributed by atoms with E-state index in [1.54, 1.807) is 27.7 Å². The quantitative estimate of drug-likeness (QED) is 0.156. The molecule has 0 spiro atoms. The zero-order valence-corrected chi connectivity index (χ0v) is 20.5. The number of hydrogen-bond donors (Lipinski definition) is 7. The molecule has 0 aliphatic carbocycles. The number of carboxylic acids is 1. The van der Waals surface area contributed by atoms with Crippen LogP contribution in [0, 0.1) is 11.8 Å². The Morgan fingerprint density at radius 3 is 2.03 bits per heavy atom. The van der Waals surface area contributed by atoms with E-state index in [4.69, 9.17) is 11.5 Å². The number of aromatic amines is 1. The van der Waals surface area contributed by atoms with Crippen molar-refractivity contribution in [3.05, 3.63) is 18.2 Å². The molecule has 4 unspecified atom stereocenters. The van der Waals surface area contributed by atoms with Crippen molar-refractivity contribution in [1.29, 1.82) is 0 Å². The van der Waals surface area contributed by atoms with Gasteiger partial charge in [-0.3, -0.25) is 19.2 Å². The number of carbonyl (C=O) groups excluding carboxylic acids is 4. The van der Waals surface area contributed by atoms with Crippen molar-refractivity contribution in [2.45, 2.75) is 77.5 Å². The van der Waals surface area contributed by atoms with Crippen LogP contribution < -0.4 is 27.4 Å². The zero-order chi connectivity index (χ0) is 26.7. The molecule has 4 atom stereocenters. The number of nitrogens with zero attached hydrogens (tertiary/aromatic N) is 1. The molecule has 0 saturated carbocycles. The molecule has 35 heavy (non-hydrogen) atoms. The molecule has 0 bridgehead atoms. The smallest absolute Gasteiger partial charge is 0.326 e. The second-order valence-corrected chi connectivity index (χ2v) is 9.21. The van der Waals surface area contributed by atoms with Crippen LogP contribution in [0.15, 0.2) is 12.5 Å². The van der Waals surface area contributed by atoms with Crippen LogP contribution in [0.25, 0.3) is 0 Å². The van der Waals surface area contributed by atoms with E-state index in [0.29, 0.717) is 5.69 Å². The number of nitrogens with two attached hydrogens (primary N) is 2. The average molecular weight is 496 g/mol. The second kappa shape index (κ2) is 14.0. The molecule has 0 aliphatic heterocycles. The fourth-order valence-corrected chi connectivity index (χ4v) is 3.19. The Hall–Kier alpha value is -3.48. The predicted octanol–water partition coefficient (Wildman–Crippen LogP) is -1.21. The van der Waals surface area contributed by atoms with Crippen LogP contribution in [0.5, 0.6) is 0 Å². The van der Waals surface area contributed by atoms with Gasteiger partial charge in [-0.05, 0) is 24.7 Å². The van der Waals surface area contributed by atoms with Crippen molar-refractivity contribution >= 4 is 29.6 Å². The number of imidazole rings is 1. The molecule has 4 amide bonds. The van der Waals surface area contributed by atoms with Gasteiger partial charge in [0.15, 0.2) is 0 Å². The average Bonchev–Trinajstić information content (AvgIpc) is 3.27. The van der Waals surface area contributed by atoms with Crippen molar-refractivity contribution in [2.24, 2.45) is 23.3 Å². The summed E-state index contributed by atoms with van der Waals surface area (Å²) in [7, 11) is 0. The van der Waals surface area contributed by atoms with Gasteiger partial charge >= 0.3 is 5.97 Å². The first kappa shape index (κ1) is 29.6. The van der Waals surface area contributed by atoms with Crippen molar-refractivity contribution in [3.63, 3.8) is 0 Å². The Kier molecular flexibility index (Phi) is 11.9. The molecular weight excluding hydrogens is 458 g/mol. The number of aromatic nitrogens is 2. The Balaban J connectivity index is 3.08. The van der Waals surface area contributed by atoms with Crippen LogP contribution >= 0.6 is 0 Å². The highest BCUT2D eigenvalue weighted by Crippen LogP contribution is 2.08. The number of rotatable bonds is 15. The highest BCUT2D eigenvalue weighted by Gasteiger charge is 2.31. The van der Waals surface area contributed by atoms with Gasteiger partial charge in [-0.15, -0.1) is 0 Å². The van der Waals surface area contributed by atoms with Crippen molar-refractivity contribution in [2.75, 3.05) is 0 Å². The van der Waals surface area contributed by atoms with Crippen LogP contribution in [0.4, 0.5) is 0 Å². The molecule has 1 aromatic heterocycles. The summed E-state index contributed by atoms with van der Waals surface area (Å²) in [5.41, 5.74) is 11.7. The molecule has 1 aromatic rings. The molecule has 0 radical (unpaired) electrons. The number of H-pyrrole nitrogens is 1. The third-order valence-corrected chi connectivity index (χ3v) is 5.27. The lowest BCUT2D eigenvalue weighted by Gasteiger charge is -2.25. The number of carbonyl (C=O) groups is 5. The van der Waals surface area contributed by atoms with Gasteiger partial charge in [-0.2, -0.15) is 0 Å². The fraction of sp³-hybridized carbons (Fsp3) is 0.636. The van der Waals surface area contributed by atoms with E-state index in [-0.39, 0.29) is 37.5 Å². The summed E-state index contributed by atoms with van der Waals surface area (Å²) in [5.74, 6) is -4.18. The molecule has 9 N–H and O–H groups in total. The molecule has 0 fully saturated rings. The Labute approximate surface area is 204 Å². The van der Waals surface area contributed by atoms with E-state index in [9.17, 15) is 29.1 Å². The number of carboxylic acid groups (broad SMARTS) is 1. The summed E-state index contributed by atoms with van der Waals surface area (Å²) in [6, 6.07) is -4.43. The van der Waals surface area contributed by atoms with Gasteiger partial charge in [-0.1, -0.05) is 27.7 Å². The third-order valence-electron chi connectivity index (χ3n) is 5.27. The van der Waals surface area contributed by atoms with Gasteiger partial charge in [0.2, 0.25) is 23.6 Å². The highest BCUT2D eigenvalue weighted by molar-refractivity contribution is 5.94. The summed E-state index contributed by atoms with van der Waals surface area (Å²) in [5, 5.41) is 16.9. The van der Waals surface area contributed by atoms with E-state index in [0.717, 1.165) is 0 Å². The van der Waals surface area contributed by atoms with Gasteiger partial charge in [0, 0.05) is 24.7 Å². The van der Waals surface area contributed by atoms with Gasteiger partial charge in [-0.25, -0.2) is 9.78 Å². The van der Waals surface area contributed by atoms with Crippen molar-refractivity contribution in [1.82, 2.24) is 25.9 Å². The lowest BCUT2D eigenvalue weighted by Crippen LogP contribution is -2.58. The molecule has 0 aliphatic rings. The minimum absolute atomic E-state index is 0.0192. The van der Waals surface area contributed by atoms with Crippen molar-refractivity contribution < 1.29 is 29.1 Å². The van der Waals surface area contributed by atoms with Crippen LogP contribution in [0.3, 0.4) is 0 Å². The second-order valence-electron chi connectivity index (χ2n) is 9.21. The maximum atomic E-state index is 13.1. The molecule has 1 rings (SSSR count). The SMILES string of the molecule is CC(C)CC(NC(=O)C(CCC(N)=O)NC(=O)C(Cc1cnc[nH]1)NC(=O)C(N)C(C)C)C(=O)O. The number of amides is 4. The normalized spacial score (nSPS) is 14.6. The van der Waals surface area contributed by atoms with Gasteiger partial charge in [0.25, 0.3) is 0 Å². The Morgan fingerprint density at radius 2 is 1.54 bits per heavy atom. The topological polar surface area (TPSA) is 222 Å². The van der Waals surface area contributed by atoms with Crippen molar-refractivity contribution in [3.8, 4) is 0 Å². The molecule has 13 heteroatoms. The number of hydrogen-bond acceptors (Lipinski definition) is 7. The lowest BCUT2D eigenvalue weighted by atomic mass is 10.0. The van der Waals surface area contributed by atoms with Gasteiger partial charge in [0.1, 0.15) is 18.1 Å². The van der Waals surface area contributed by atoms with E-state index >= 15 is 0 Å². The lowest BCUT2D eigenvalue weighted by molar-refractivity contribution is -0.143. The molecule has 0 aromatic carbocycles. The molecule has 1 heterocycles. The number of primary amides is 1. The predicted molar refractivity (Wildman–Crippen MR) is 126 cm³/mol. The minimum atomic E-state index is -1.26. The standard InChI is InChI=1S/C22H37N7O6/c1-11(2)7-16(22(34)35)29-19(31)14(5-6-17(23)30)27-20(32)15(8-13-9-25-10-26-13)28-21(33)18(24)12(3)4/h9-12,14-16,18H,5-8,24H2,1-4H3,(H2,23,30)(H,25,26)(H,27,32)(H,28,33)(H,29,31)(H,34,35). The highest BCUT2D eigenvalue weighted by atomic mass is 16.4. The van der Waals surface area contributed by atoms with E-state index < -0.39 is 53.8 Å². The summed E-state index contributed by atoms with van der Waals surface area (Å²) in [6.45, 7) is 7.13. The third kappa shape index (κ3) is 10.5. The maximum Gasteiger partial charge on any atom is 0.326 e. The maximum absolute atomic E-state index is 13.1. The minimum Gasteiger partial charge on any atom is -0.480 e. The Bertz CT molecular complexity index is 872. The molecule has 196 valence electrons. The molecule has 0 saturated heterocycles. The van der Waals surface area contributed by atoms with E-state index in [2.05, 4.69) is 25.9 Å². The Morgan fingerprint density at radius 1 is 0.971 bits per heavy atom. The first-order chi connectivity index (χ1) is 16.3. The van der Waals surface area contributed by atoms with Crippen LogP contribution in [0.1, 0.15) is 52.7 Å². The molecule has 13 nitrogen and oxygen atoms in total. The zero-order valence-electron chi connectivity index (χ0n) is 20.5. The first-order valence-electron chi connectivity index (χ1n) is 11.5. The van der Waals surface area contributed by atoms with Crippen LogP contribution in [0.2, 0.25) is 0 Å². The summed E-state index contributed by atoms with van der Waals surface area (Å²) < 4.78 is 0. The van der Waals surface area contributed by atoms with Crippen LogP contribution in [-0.2, 0) is 30.4 Å². The molecular formula is C22H37N7O6. The first-order valence-corrected chi connectivity index (χ1v) is 11.5.